The third-order valence-corrected chi connectivity index (χ3v) is 5.19. The van der Waals surface area contributed by atoms with Crippen molar-refractivity contribution in [3.05, 3.63) is 65.2 Å². The SMILES string of the molecule is C=C(Nc1ccc(C#N)c(C(F)(F)F)c1)c1c(CCCC)cccc1SCC. The van der Waals surface area contributed by atoms with Gasteiger partial charge < -0.3 is 5.32 Å². The number of thioether (sulfide) groups is 1. The van der Waals surface area contributed by atoms with Crippen LogP contribution in [-0.2, 0) is 12.6 Å². The number of halogens is 3. The molecule has 148 valence electrons. The summed E-state index contributed by atoms with van der Waals surface area (Å²) in [6, 6.07) is 11.3. The Bertz CT molecular complexity index is 882. The van der Waals surface area contributed by atoms with Gasteiger partial charge in [-0.05, 0) is 48.4 Å². The van der Waals surface area contributed by atoms with Crippen molar-refractivity contribution >= 4 is 23.1 Å². The molecule has 2 rings (SSSR count). The highest BCUT2D eigenvalue weighted by Gasteiger charge is 2.33. The minimum absolute atomic E-state index is 0.258. The molecule has 1 N–H and O–H groups in total. The van der Waals surface area contributed by atoms with Gasteiger partial charge in [-0.2, -0.15) is 18.4 Å². The van der Waals surface area contributed by atoms with Gasteiger partial charge in [-0.25, -0.2) is 0 Å². The summed E-state index contributed by atoms with van der Waals surface area (Å²) >= 11 is 1.68. The number of nitriles is 1. The Morgan fingerprint density at radius 2 is 1.96 bits per heavy atom. The summed E-state index contributed by atoms with van der Waals surface area (Å²) in [6.07, 6.45) is -1.64. The van der Waals surface area contributed by atoms with E-state index >= 15 is 0 Å². The molecule has 0 radical (unpaired) electrons. The molecule has 0 amide bonds. The van der Waals surface area contributed by atoms with Crippen LogP contribution in [-0.4, -0.2) is 5.75 Å². The first-order chi connectivity index (χ1) is 13.3. The van der Waals surface area contributed by atoms with E-state index in [9.17, 15) is 13.2 Å². The zero-order chi connectivity index (χ0) is 20.7. The van der Waals surface area contributed by atoms with Crippen molar-refractivity contribution in [1.29, 1.82) is 5.26 Å². The van der Waals surface area contributed by atoms with Crippen LogP contribution in [0.1, 0.15) is 48.9 Å². The van der Waals surface area contributed by atoms with Crippen LogP contribution in [0.3, 0.4) is 0 Å². The zero-order valence-electron chi connectivity index (χ0n) is 16.0. The molecule has 0 saturated carbocycles. The van der Waals surface area contributed by atoms with Gasteiger partial charge in [0.25, 0.3) is 0 Å². The molecule has 0 spiro atoms. The fourth-order valence-electron chi connectivity index (χ4n) is 2.96. The largest absolute Gasteiger partial charge is 0.417 e. The zero-order valence-corrected chi connectivity index (χ0v) is 16.8. The third-order valence-electron chi connectivity index (χ3n) is 4.25. The number of nitrogens with zero attached hydrogens (tertiary/aromatic N) is 1. The lowest BCUT2D eigenvalue weighted by Gasteiger charge is -2.19. The molecule has 28 heavy (non-hydrogen) atoms. The van der Waals surface area contributed by atoms with Crippen LogP contribution in [0.5, 0.6) is 0 Å². The van der Waals surface area contributed by atoms with Crippen LogP contribution >= 0.6 is 11.8 Å². The van der Waals surface area contributed by atoms with E-state index in [0.29, 0.717) is 5.70 Å². The maximum absolute atomic E-state index is 13.2. The third kappa shape index (κ3) is 5.32. The summed E-state index contributed by atoms with van der Waals surface area (Å²) in [5, 5.41) is 12.0. The van der Waals surface area contributed by atoms with Gasteiger partial charge in [0, 0.05) is 21.8 Å². The van der Waals surface area contributed by atoms with Crippen molar-refractivity contribution in [2.75, 3.05) is 11.1 Å². The Morgan fingerprint density at radius 3 is 2.57 bits per heavy atom. The number of aryl methyl sites for hydroxylation is 1. The first kappa shape index (κ1) is 21.9. The van der Waals surface area contributed by atoms with E-state index in [1.165, 1.54) is 12.1 Å². The summed E-state index contributed by atoms with van der Waals surface area (Å²) in [4.78, 5) is 1.05. The number of hydrogen-bond acceptors (Lipinski definition) is 3. The molecule has 0 aromatic heterocycles. The van der Waals surface area contributed by atoms with Gasteiger partial charge in [0.05, 0.1) is 17.2 Å². The lowest BCUT2D eigenvalue weighted by atomic mass is 9.99. The van der Waals surface area contributed by atoms with Gasteiger partial charge in [0.15, 0.2) is 0 Å². The molecule has 2 aromatic rings. The Morgan fingerprint density at radius 1 is 1.21 bits per heavy atom. The summed E-state index contributed by atoms with van der Waals surface area (Å²) in [5.74, 6) is 0.882. The summed E-state index contributed by atoms with van der Waals surface area (Å²) in [7, 11) is 0. The second-order valence-corrected chi connectivity index (χ2v) is 7.61. The molecule has 0 atom stereocenters. The van der Waals surface area contributed by atoms with Crippen LogP contribution < -0.4 is 5.32 Å². The minimum Gasteiger partial charge on any atom is -0.355 e. The van der Waals surface area contributed by atoms with Crippen molar-refractivity contribution in [2.24, 2.45) is 0 Å². The summed E-state index contributed by atoms with van der Waals surface area (Å²) in [5.41, 5.74) is 1.54. The van der Waals surface area contributed by atoms with Gasteiger partial charge in [0.2, 0.25) is 0 Å². The monoisotopic (exact) mass is 404 g/mol. The quantitative estimate of drug-likeness (QED) is 0.476. The molecule has 0 bridgehead atoms. The highest BCUT2D eigenvalue weighted by Crippen LogP contribution is 2.36. The van der Waals surface area contributed by atoms with E-state index in [0.717, 1.165) is 47.1 Å². The van der Waals surface area contributed by atoms with Gasteiger partial charge in [-0.3, -0.25) is 0 Å². The highest BCUT2D eigenvalue weighted by atomic mass is 32.2. The van der Waals surface area contributed by atoms with E-state index in [1.54, 1.807) is 17.8 Å². The number of benzene rings is 2. The second kappa shape index (κ2) is 9.70. The molecule has 2 aromatic carbocycles. The van der Waals surface area contributed by atoms with Crippen LogP contribution in [0.2, 0.25) is 0 Å². The number of unbranched alkanes of at least 4 members (excludes halogenated alkanes) is 1. The van der Waals surface area contributed by atoms with Crippen molar-refractivity contribution in [2.45, 2.75) is 44.2 Å². The first-order valence-electron chi connectivity index (χ1n) is 9.14. The van der Waals surface area contributed by atoms with Gasteiger partial charge in [-0.15, -0.1) is 11.8 Å². The van der Waals surface area contributed by atoms with Crippen LogP contribution in [0.15, 0.2) is 47.9 Å². The number of hydrogen-bond donors (Lipinski definition) is 1. The first-order valence-corrected chi connectivity index (χ1v) is 10.1. The second-order valence-electron chi connectivity index (χ2n) is 6.30. The molecule has 0 heterocycles. The van der Waals surface area contributed by atoms with Crippen molar-refractivity contribution in [3.8, 4) is 6.07 Å². The topological polar surface area (TPSA) is 35.8 Å². The lowest BCUT2D eigenvalue weighted by Crippen LogP contribution is -2.09. The maximum atomic E-state index is 13.2. The van der Waals surface area contributed by atoms with Crippen molar-refractivity contribution in [1.82, 2.24) is 0 Å². The molecule has 0 saturated heterocycles. The Hall–Kier alpha value is -2.39. The number of rotatable bonds is 8. The average molecular weight is 405 g/mol. The number of nitrogens with one attached hydrogen (secondary N) is 1. The fraction of sp³-hybridized carbons (Fsp3) is 0.318. The lowest BCUT2D eigenvalue weighted by molar-refractivity contribution is -0.137. The van der Waals surface area contributed by atoms with Gasteiger partial charge >= 0.3 is 6.18 Å². The van der Waals surface area contributed by atoms with Gasteiger partial charge in [-0.1, -0.05) is 39.0 Å². The molecule has 6 heteroatoms. The van der Waals surface area contributed by atoms with E-state index < -0.39 is 17.3 Å². The smallest absolute Gasteiger partial charge is 0.355 e. The number of alkyl halides is 3. The minimum atomic E-state index is -4.59. The molecular formula is C22H23F3N2S. The Kier molecular flexibility index (Phi) is 7.59. The summed E-state index contributed by atoms with van der Waals surface area (Å²) < 4.78 is 39.7. The Labute approximate surface area is 168 Å². The molecule has 0 unspecified atom stereocenters. The van der Waals surface area contributed by atoms with E-state index in [1.807, 2.05) is 18.2 Å². The molecule has 2 nitrogen and oxygen atoms in total. The van der Waals surface area contributed by atoms with Crippen molar-refractivity contribution < 1.29 is 13.2 Å². The molecule has 0 aliphatic rings. The van der Waals surface area contributed by atoms with Crippen LogP contribution in [0.4, 0.5) is 18.9 Å². The highest BCUT2D eigenvalue weighted by molar-refractivity contribution is 7.99. The van der Waals surface area contributed by atoms with Gasteiger partial charge in [0.1, 0.15) is 0 Å². The van der Waals surface area contributed by atoms with E-state index in [2.05, 4.69) is 25.7 Å². The maximum Gasteiger partial charge on any atom is 0.417 e. The fourth-order valence-corrected chi connectivity index (χ4v) is 3.85. The average Bonchev–Trinajstić information content (AvgIpc) is 2.65. The summed E-state index contributed by atoms with van der Waals surface area (Å²) in [6.45, 7) is 8.27. The van der Waals surface area contributed by atoms with E-state index in [4.69, 9.17) is 5.26 Å². The molecular weight excluding hydrogens is 381 g/mol. The predicted molar refractivity (Wildman–Crippen MR) is 110 cm³/mol. The normalized spacial score (nSPS) is 11.1. The standard InChI is InChI=1S/C22H23F3N2S/c1-4-6-8-16-9-7-10-20(28-5-2)21(16)15(3)27-18-12-11-17(14-26)19(13-18)22(23,24)25/h7,9-13,27H,3-6,8H2,1-2H3. The molecule has 0 aliphatic heterocycles. The van der Waals surface area contributed by atoms with Crippen LogP contribution in [0, 0.1) is 11.3 Å². The predicted octanol–water partition coefficient (Wildman–Crippen LogP) is 7.11. The number of anilines is 1. The molecule has 0 fully saturated rings. The van der Waals surface area contributed by atoms with Crippen molar-refractivity contribution in [3.63, 3.8) is 0 Å². The molecule has 0 aliphatic carbocycles. The van der Waals surface area contributed by atoms with Crippen LogP contribution in [0.25, 0.3) is 5.70 Å². The Balaban J connectivity index is 2.41. The van der Waals surface area contributed by atoms with E-state index in [-0.39, 0.29) is 5.69 Å².